The molecular weight excluding hydrogens is 670 g/mol. The first-order valence-electron chi connectivity index (χ1n) is 18.9. The number of nitrogens with two attached hydrogens (primary N) is 1. The van der Waals surface area contributed by atoms with Crippen LogP contribution in [0.4, 0.5) is 11.5 Å². The molecule has 5 heterocycles. The fourth-order valence-electron chi connectivity index (χ4n) is 7.46. The number of benzene rings is 1. The monoisotopic (exact) mass is 721 g/mol. The summed E-state index contributed by atoms with van der Waals surface area (Å²) in [4.78, 5) is 49.9. The van der Waals surface area contributed by atoms with Crippen LogP contribution in [-0.2, 0) is 9.59 Å². The normalized spacial score (nSPS) is 19.4. The predicted molar refractivity (Wildman–Crippen MR) is 203 cm³/mol. The molecular formula is C40H51N9O4. The Hall–Kier alpha value is -5.06. The number of nitrogens with one attached hydrogen (secondary N) is 3. The zero-order valence-corrected chi connectivity index (χ0v) is 30.7. The number of hydrogen-bond acceptors (Lipinski definition) is 11. The van der Waals surface area contributed by atoms with Crippen LogP contribution in [0, 0.1) is 23.2 Å². The van der Waals surface area contributed by atoms with Gasteiger partial charge in [-0.15, -0.1) is 0 Å². The van der Waals surface area contributed by atoms with Crippen molar-refractivity contribution in [2.75, 3.05) is 49.5 Å². The molecule has 1 aromatic carbocycles. The van der Waals surface area contributed by atoms with Crippen molar-refractivity contribution in [1.29, 1.82) is 5.26 Å². The Kier molecular flexibility index (Phi) is 12.5. The van der Waals surface area contributed by atoms with Crippen molar-refractivity contribution < 1.29 is 19.1 Å². The summed E-state index contributed by atoms with van der Waals surface area (Å²) in [7, 11) is 0. The Labute approximate surface area is 311 Å². The van der Waals surface area contributed by atoms with Crippen LogP contribution in [0.25, 0.3) is 11.1 Å². The van der Waals surface area contributed by atoms with E-state index in [0.29, 0.717) is 42.2 Å². The summed E-state index contributed by atoms with van der Waals surface area (Å²) < 4.78 is 5.91. The lowest BCUT2D eigenvalue weighted by atomic mass is 9.94. The van der Waals surface area contributed by atoms with Gasteiger partial charge in [0.15, 0.2) is 0 Å². The van der Waals surface area contributed by atoms with Gasteiger partial charge in [-0.05, 0) is 97.9 Å². The van der Waals surface area contributed by atoms with Crippen LogP contribution in [-0.4, -0.2) is 90.0 Å². The molecule has 0 saturated carbocycles. The van der Waals surface area contributed by atoms with E-state index >= 15 is 0 Å². The molecule has 53 heavy (non-hydrogen) atoms. The molecule has 3 amide bonds. The van der Waals surface area contributed by atoms with Crippen molar-refractivity contribution in [3.05, 3.63) is 66.1 Å². The number of aromatic nitrogens is 2. The van der Waals surface area contributed by atoms with Gasteiger partial charge in [-0.3, -0.25) is 19.7 Å². The van der Waals surface area contributed by atoms with Gasteiger partial charge in [0.05, 0.1) is 17.4 Å². The average Bonchev–Trinajstić information content (AvgIpc) is 3.16. The standard InChI is InChI=1S/C40H51N9O4/c1-26(2)19-31(42)25-53-36-7-3-28(20-30(36)22-41)29-9-14-43-37(21-29)45-32-12-15-48(16-13-32)24-27-10-17-49(18-11-27)33-4-5-34(44-23-33)39(51)46-35-6-8-38(50)47-40(35)52/h3-5,7,9,14,20-21,23,26-27,31-32,35H,6,8,10-13,15-19,24-25,42H2,1-2H3,(H,43,45)(H,46,51)(H,47,50,52)/t31-,35-/m0/s1. The molecule has 13 heteroatoms. The minimum atomic E-state index is -0.724. The first-order valence-corrected chi connectivity index (χ1v) is 18.9. The molecule has 5 N–H and O–H groups in total. The number of ether oxygens (including phenoxy) is 1. The third kappa shape index (κ3) is 10.3. The number of nitrogens with zero attached hydrogens (tertiary/aromatic N) is 5. The Morgan fingerprint density at radius 3 is 2.49 bits per heavy atom. The van der Waals surface area contributed by atoms with Crippen molar-refractivity contribution in [1.82, 2.24) is 25.5 Å². The van der Waals surface area contributed by atoms with Gasteiger partial charge in [-0.2, -0.15) is 5.26 Å². The van der Waals surface area contributed by atoms with Gasteiger partial charge in [-0.1, -0.05) is 19.9 Å². The van der Waals surface area contributed by atoms with Gasteiger partial charge in [0.25, 0.3) is 5.91 Å². The van der Waals surface area contributed by atoms with Crippen LogP contribution in [0.5, 0.6) is 5.75 Å². The highest BCUT2D eigenvalue weighted by Gasteiger charge is 2.29. The second-order valence-electron chi connectivity index (χ2n) is 15.0. The molecule has 2 aromatic heterocycles. The third-order valence-corrected chi connectivity index (χ3v) is 10.4. The van der Waals surface area contributed by atoms with Crippen LogP contribution in [0.3, 0.4) is 0 Å². The molecule has 2 atom stereocenters. The number of carbonyl (C=O) groups excluding carboxylic acids is 3. The third-order valence-electron chi connectivity index (χ3n) is 10.4. The summed E-state index contributed by atoms with van der Waals surface area (Å²) >= 11 is 0. The molecule has 0 bridgehead atoms. The minimum absolute atomic E-state index is 0.0734. The highest BCUT2D eigenvalue weighted by molar-refractivity contribution is 6.03. The van der Waals surface area contributed by atoms with Crippen LogP contribution in [0.1, 0.15) is 74.8 Å². The minimum Gasteiger partial charge on any atom is -0.491 e. The first-order chi connectivity index (χ1) is 25.6. The summed E-state index contributed by atoms with van der Waals surface area (Å²) in [6.45, 7) is 9.69. The fourth-order valence-corrected chi connectivity index (χ4v) is 7.46. The van der Waals surface area contributed by atoms with E-state index in [9.17, 15) is 19.6 Å². The Morgan fingerprint density at radius 1 is 1.02 bits per heavy atom. The lowest BCUT2D eigenvalue weighted by molar-refractivity contribution is -0.134. The first kappa shape index (κ1) is 37.7. The molecule has 280 valence electrons. The molecule has 13 nitrogen and oxygen atoms in total. The van der Waals surface area contributed by atoms with Crippen LogP contribution in [0.15, 0.2) is 54.9 Å². The van der Waals surface area contributed by atoms with Gasteiger partial charge in [0.2, 0.25) is 11.8 Å². The highest BCUT2D eigenvalue weighted by Crippen LogP contribution is 2.29. The van der Waals surface area contributed by atoms with E-state index in [0.717, 1.165) is 87.5 Å². The quantitative estimate of drug-likeness (QED) is 0.187. The molecule has 3 aliphatic rings. The Bertz CT molecular complexity index is 1780. The number of nitriles is 1. The molecule has 3 fully saturated rings. The fraction of sp³-hybridized carbons (Fsp3) is 0.500. The summed E-state index contributed by atoms with van der Waals surface area (Å²) in [6, 6.07) is 15.1. The number of rotatable bonds is 13. The number of piperidine rings is 3. The predicted octanol–water partition coefficient (Wildman–Crippen LogP) is 4.10. The van der Waals surface area contributed by atoms with E-state index in [-0.39, 0.29) is 24.1 Å². The van der Waals surface area contributed by atoms with Crippen LogP contribution >= 0.6 is 0 Å². The Balaban J connectivity index is 0.923. The largest absolute Gasteiger partial charge is 0.491 e. The van der Waals surface area contributed by atoms with E-state index in [1.54, 1.807) is 12.3 Å². The van der Waals surface area contributed by atoms with Crippen molar-refractivity contribution in [3.63, 3.8) is 0 Å². The molecule has 3 aliphatic heterocycles. The highest BCUT2D eigenvalue weighted by atomic mass is 16.5. The zero-order valence-electron chi connectivity index (χ0n) is 30.7. The second kappa shape index (κ2) is 17.6. The Morgan fingerprint density at radius 2 is 1.79 bits per heavy atom. The number of carbonyl (C=O) groups is 3. The number of anilines is 2. The van der Waals surface area contributed by atoms with Gasteiger partial charge >= 0.3 is 0 Å². The number of hydrogen-bond donors (Lipinski definition) is 4. The van der Waals surface area contributed by atoms with E-state index in [4.69, 9.17) is 10.5 Å². The van der Waals surface area contributed by atoms with Gasteiger partial charge in [0, 0.05) is 57.4 Å². The maximum absolute atomic E-state index is 12.6. The summed E-state index contributed by atoms with van der Waals surface area (Å²) in [6.07, 6.45) is 9.18. The van der Waals surface area contributed by atoms with E-state index in [1.807, 2.05) is 36.5 Å². The zero-order chi connectivity index (χ0) is 37.3. The van der Waals surface area contributed by atoms with Crippen LogP contribution in [0.2, 0.25) is 0 Å². The van der Waals surface area contributed by atoms with Gasteiger partial charge in [0.1, 0.15) is 36.0 Å². The van der Waals surface area contributed by atoms with Crippen molar-refractivity contribution >= 4 is 29.2 Å². The van der Waals surface area contributed by atoms with E-state index in [2.05, 4.69) is 61.7 Å². The molecule has 0 spiro atoms. The molecule has 6 rings (SSSR count). The van der Waals surface area contributed by atoms with Crippen molar-refractivity contribution in [3.8, 4) is 22.9 Å². The number of likely N-dealkylation sites (tertiary alicyclic amines) is 1. The van der Waals surface area contributed by atoms with Crippen molar-refractivity contribution in [2.45, 2.75) is 76.9 Å². The van der Waals surface area contributed by atoms with Gasteiger partial charge in [-0.25, -0.2) is 9.97 Å². The smallest absolute Gasteiger partial charge is 0.270 e. The summed E-state index contributed by atoms with van der Waals surface area (Å²) in [5.74, 6) is 1.30. The summed E-state index contributed by atoms with van der Waals surface area (Å²) in [5, 5.41) is 18.4. The van der Waals surface area contributed by atoms with Gasteiger partial charge < -0.3 is 30.9 Å². The summed E-state index contributed by atoms with van der Waals surface area (Å²) in [5.41, 5.74) is 9.84. The number of amides is 3. The van der Waals surface area contributed by atoms with Crippen molar-refractivity contribution in [2.24, 2.45) is 17.6 Å². The molecule has 3 saturated heterocycles. The molecule has 0 radical (unpaired) electrons. The maximum Gasteiger partial charge on any atom is 0.270 e. The van der Waals surface area contributed by atoms with E-state index in [1.165, 1.54) is 0 Å². The lowest BCUT2D eigenvalue weighted by Crippen LogP contribution is -2.52. The lowest BCUT2D eigenvalue weighted by Gasteiger charge is -2.38. The average molecular weight is 722 g/mol. The molecule has 0 aliphatic carbocycles. The maximum atomic E-state index is 12.6. The SMILES string of the molecule is CC(C)C[C@H](N)COc1ccc(-c2ccnc(NC3CCN(CC4CCN(c5ccc(C(=O)N[C@H]6CCC(=O)NC6=O)nc5)CC4)CC3)c2)cc1C#N. The topological polar surface area (TPSA) is 179 Å². The number of pyridine rings is 2. The second-order valence-corrected chi connectivity index (χ2v) is 15.0. The number of imide groups is 1. The molecule has 3 aromatic rings. The molecule has 0 unspecified atom stereocenters. The van der Waals surface area contributed by atoms with Crippen LogP contribution < -0.4 is 31.3 Å². The van der Waals surface area contributed by atoms with E-state index < -0.39 is 17.9 Å².